The molecule has 0 aliphatic rings. The molecular formula is C14H18N2S. The summed E-state index contributed by atoms with van der Waals surface area (Å²) < 4.78 is 0. The molecule has 17 heavy (non-hydrogen) atoms. The summed E-state index contributed by atoms with van der Waals surface area (Å²) in [6.45, 7) is 7.25. The molecule has 1 heterocycles. The van der Waals surface area contributed by atoms with Crippen LogP contribution in [0.15, 0.2) is 24.4 Å². The van der Waals surface area contributed by atoms with E-state index in [2.05, 4.69) is 49.3 Å². The number of thiazole rings is 1. The summed E-state index contributed by atoms with van der Waals surface area (Å²) in [5, 5.41) is 4.66. The van der Waals surface area contributed by atoms with Crippen molar-refractivity contribution in [1.82, 2.24) is 4.98 Å². The first-order valence-corrected chi connectivity index (χ1v) is 6.75. The Morgan fingerprint density at radius 1 is 1.18 bits per heavy atom. The molecule has 3 heteroatoms. The number of nitrogens with one attached hydrogen (secondary N) is 1. The van der Waals surface area contributed by atoms with E-state index in [1.54, 1.807) is 11.3 Å². The lowest BCUT2D eigenvalue weighted by atomic mass is 10.1. The number of hydrogen-bond acceptors (Lipinski definition) is 3. The zero-order chi connectivity index (χ0) is 12.3. The third-order valence-electron chi connectivity index (χ3n) is 2.59. The van der Waals surface area contributed by atoms with Gasteiger partial charge in [-0.15, -0.1) is 11.3 Å². The smallest absolute Gasteiger partial charge is 0.0925 e. The van der Waals surface area contributed by atoms with Crippen LogP contribution in [-0.4, -0.2) is 4.98 Å². The number of benzene rings is 1. The summed E-state index contributed by atoms with van der Waals surface area (Å²) in [5.41, 5.74) is 3.78. The van der Waals surface area contributed by atoms with Crippen LogP contribution in [0.4, 0.5) is 5.69 Å². The topological polar surface area (TPSA) is 24.9 Å². The van der Waals surface area contributed by atoms with E-state index < -0.39 is 0 Å². The fraction of sp³-hybridized carbons (Fsp3) is 0.357. The van der Waals surface area contributed by atoms with Gasteiger partial charge in [0.1, 0.15) is 0 Å². The molecule has 0 aliphatic carbocycles. The van der Waals surface area contributed by atoms with Crippen LogP contribution >= 0.6 is 11.3 Å². The minimum Gasteiger partial charge on any atom is -0.380 e. The van der Waals surface area contributed by atoms with Gasteiger partial charge in [-0.05, 0) is 43.5 Å². The van der Waals surface area contributed by atoms with Gasteiger partial charge < -0.3 is 5.32 Å². The molecule has 1 aromatic heterocycles. The van der Waals surface area contributed by atoms with Crippen molar-refractivity contribution in [3.63, 3.8) is 0 Å². The minimum atomic E-state index is 0.862. The zero-order valence-corrected chi connectivity index (χ0v) is 11.4. The van der Waals surface area contributed by atoms with Crippen molar-refractivity contribution in [2.24, 2.45) is 0 Å². The number of rotatable bonds is 4. The molecule has 2 aromatic rings. The largest absolute Gasteiger partial charge is 0.380 e. The molecule has 0 bridgehead atoms. The maximum atomic E-state index is 4.36. The van der Waals surface area contributed by atoms with Gasteiger partial charge in [-0.1, -0.05) is 13.0 Å². The maximum absolute atomic E-state index is 4.36. The van der Waals surface area contributed by atoms with Crippen molar-refractivity contribution in [2.75, 3.05) is 5.32 Å². The predicted molar refractivity (Wildman–Crippen MR) is 74.7 cm³/mol. The van der Waals surface area contributed by atoms with E-state index in [4.69, 9.17) is 0 Å². The van der Waals surface area contributed by atoms with E-state index in [1.165, 1.54) is 26.7 Å². The van der Waals surface area contributed by atoms with Gasteiger partial charge in [-0.3, -0.25) is 0 Å². The molecule has 2 nitrogen and oxygen atoms in total. The van der Waals surface area contributed by atoms with E-state index in [0.29, 0.717) is 0 Å². The van der Waals surface area contributed by atoms with Gasteiger partial charge >= 0.3 is 0 Å². The Bertz CT molecular complexity index is 482. The Morgan fingerprint density at radius 2 is 1.88 bits per heavy atom. The molecule has 2 rings (SSSR count). The second-order valence-electron chi connectivity index (χ2n) is 4.30. The summed E-state index contributed by atoms with van der Waals surface area (Å²) in [5.74, 6) is 0. The summed E-state index contributed by atoms with van der Waals surface area (Å²) in [6.07, 6.45) is 2.99. The molecule has 90 valence electrons. The molecule has 1 N–H and O–H groups in total. The summed E-state index contributed by atoms with van der Waals surface area (Å²) in [4.78, 5) is 5.65. The van der Waals surface area contributed by atoms with Crippen LogP contribution < -0.4 is 5.32 Å². The summed E-state index contributed by atoms with van der Waals surface area (Å²) in [6, 6.07) is 6.54. The molecule has 0 amide bonds. The highest BCUT2D eigenvalue weighted by atomic mass is 32.1. The molecule has 0 atom stereocenters. The van der Waals surface area contributed by atoms with Gasteiger partial charge in [0.15, 0.2) is 0 Å². The first kappa shape index (κ1) is 12.1. The average Bonchev–Trinajstić information content (AvgIpc) is 2.73. The molecule has 0 saturated carbocycles. The Balaban J connectivity index is 2.01. The van der Waals surface area contributed by atoms with E-state index >= 15 is 0 Å². The van der Waals surface area contributed by atoms with Crippen LogP contribution in [0.5, 0.6) is 0 Å². The third-order valence-corrected chi connectivity index (χ3v) is 3.73. The minimum absolute atomic E-state index is 0.862. The number of aromatic nitrogens is 1. The summed E-state index contributed by atoms with van der Waals surface area (Å²) >= 11 is 1.79. The van der Waals surface area contributed by atoms with E-state index in [9.17, 15) is 0 Å². The molecule has 0 aliphatic heterocycles. The van der Waals surface area contributed by atoms with Crippen LogP contribution in [0.2, 0.25) is 0 Å². The monoisotopic (exact) mass is 246 g/mol. The van der Waals surface area contributed by atoms with Gasteiger partial charge in [0.2, 0.25) is 0 Å². The average molecular weight is 246 g/mol. The SMILES string of the molecule is CCc1ncc(CNc2cc(C)cc(C)c2)s1. The van der Waals surface area contributed by atoms with E-state index in [-0.39, 0.29) is 0 Å². The van der Waals surface area contributed by atoms with Crippen molar-refractivity contribution < 1.29 is 0 Å². The first-order valence-electron chi connectivity index (χ1n) is 5.93. The van der Waals surface area contributed by atoms with Crippen LogP contribution in [0.1, 0.15) is 27.9 Å². The molecular weight excluding hydrogens is 228 g/mol. The summed E-state index contributed by atoms with van der Waals surface area (Å²) in [7, 11) is 0. The number of hydrogen-bond donors (Lipinski definition) is 1. The van der Waals surface area contributed by atoms with Gasteiger partial charge in [-0.2, -0.15) is 0 Å². The van der Waals surface area contributed by atoms with Gasteiger partial charge in [0, 0.05) is 16.8 Å². The van der Waals surface area contributed by atoms with Crippen molar-refractivity contribution in [1.29, 1.82) is 0 Å². The second kappa shape index (κ2) is 5.32. The van der Waals surface area contributed by atoms with Gasteiger partial charge in [0.05, 0.1) is 11.6 Å². The maximum Gasteiger partial charge on any atom is 0.0925 e. The van der Waals surface area contributed by atoms with E-state index in [0.717, 1.165) is 13.0 Å². The van der Waals surface area contributed by atoms with E-state index in [1.807, 2.05) is 6.20 Å². The molecule has 0 unspecified atom stereocenters. The molecule has 0 radical (unpaired) electrons. The number of nitrogens with zero attached hydrogens (tertiary/aromatic N) is 1. The van der Waals surface area contributed by atoms with Crippen molar-refractivity contribution in [3.8, 4) is 0 Å². The first-order chi connectivity index (χ1) is 8.17. The fourth-order valence-electron chi connectivity index (χ4n) is 1.86. The second-order valence-corrected chi connectivity index (χ2v) is 5.50. The Kier molecular flexibility index (Phi) is 3.79. The normalized spacial score (nSPS) is 10.5. The van der Waals surface area contributed by atoms with Crippen molar-refractivity contribution in [2.45, 2.75) is 33.7 Å². The molecule has 1 aromatic carbocycles. The lowest BCUT2D eigenvalue weighted by Crippen LogP contribution is -1.98. The highest BCUT2D eigenvalue weighted by molar-refractivity contribution is 7.11. The predicted octanol–water partition coefficient (Wildman–Crippen LogP) is 3.93. The van der Waals surface area contributed by atoms with Gasteiger partial charge in [-0.25, -0.2) is 4.98 Å². The standard InChI is InChI=1S/C14H18N2S/c1-4-14-16-9-13(17-14)8-15-12-6-10(2)5-11(3)7-12/h5-7,9,15H,4,8H2,1-3H3. The van der Waals surface area contributed by atoms with Crippen LogP contribution in [-0.2, 0) is 13.0 Å². The fourth-order valence-corrected chi connectivity index (χ4v) is 2.66. The Labute approximate surface area is 107 Å². The number of anilines is 1. The lowest BCUT2D eigenvalue weighted by molar-refractivity contribution is 1.09. The molecule has 0 spiro atoms. The highest BCUT2D eigenvalue weighted by Gasteiger charge is 2.00. The zero-order valence-electron chi connectivity index (χ0n) is 10.6. The lowest BCUT2D eigenvalue weighted by Gasteiger charge is -2.07. The van der Waals surface area contributed by atoms with Crippen LogP contribution in [0.3, 0.4) is 0 Å². The third kappa shape index (κ3) is 3.30. The Hall–Kier alpha value is -1.35. The number of aryl methyl sites for hydroxylation is 3. The quantitative estimate of drug-likeness (QED) is 0.884. The van der Waals surface area contributed by atoms with Crippen LogP contribution in [0.25, 0.3) is 0 Å². The van der Waals surface area contributed by atoms with Crippen molar-refractivity contribution in [3.05, 3.63) is 45.4 Å². The molecule has 0 fully saturated rings. The van der Waals surface area contributed by atoms with Crippen molar-refractivity contribution >= 4 is 17.0 Å². The highest BCUT2D eigenvalue weighted by Crippen LogP contribution is 2.17. The molecule has 0 saturated heterocycles. The van der Waals surface area contributed by atoms with Gasteiger partial charge in [0.25, 0.3) is 0 Å². The van der Waals surface area contributed by atoms with Crippen LogP contribution in [0, 0.1) is 13.8 Å². The Morgan fingerprint density at radius 3 is 2.47 bits per heavy atom.